The van der Waals surface area contributed by atoms with Gasteiger partial charge in [-0.3, -0.25) is 9.78 Å². The number of unbranched alkanes of at least 4 members (excludes halogenated alkanes) is 1. The third kappa shape index (κ3) is 8.04. The maximum absolute atomic E-state index is 14.0. The highest BCUT2D eigenvalue weighted by molar-refractivity contribution is 5.97. The lowest BCUT2D eigenvalue weighted by molar-refractivity contribution is -0.123. The zero-order valence-electron chi connectivity index (χ0n) is 29.4. The van der Waals surface area contributed by atoms with Crippen LogP contribution in [0.25, 0.3) is 11.1 Å². The lowest BCUT2D eigenvalue weighted by Gasteiger charge is -2.31. The number of aromatic amines is 1. The molecule has 0 saturated carbocycles. The van der Waals surface area contributed by atoms with Gasteiger partial charge in [-0.2, -0.15) is 0 Å². The lowest BCUT2D eigenvalue weighted by atomic mass is 9.76. The summed E-state index contributed by atoms with van der Waals surface area (Å²) in [4.78, 5) is 28.7. The van der Waals surface area contributed by atoms with Gasteiger partial charge in [0.25, 0.3) is 5.91 Å². The highest BCUT2D eigenvalue weighted by Gasteiger charge is 2.30. The highest BCUT2D eigenvalue weighted by Crippen LogP contribution is 2.40. The number of hydrogen-bond acceptors (Lipinski definition) is 5. The lowest BCUT2D eigenvalue weighted by Crippen LogP contribution is -2.34. The van der Waals surface area contributed by atoms with Crippen molar-refractivity contribution < 1.29 is 18.7 Å². The van der Waals surface area contributed by atoms with E-state index in [2.05, 4.69) is 91.7 Å². The monoisotopic (exact) mass is 628 g/mol. The molecule has 0 aliphatic heterocycles. The van der Waals surface area contributed by atoms with Crippen LogP contribution >= 0.6 is 0 Å². The zero-order chi connectivity index (χ0) is 33.9. The van der Waals surface area contributed by atoms with E-state index >= 15 is 0 Å². The molecule has 7 heteroatoms. The Kier molecular flexibility index (Phi) is 10.4. The number of hydrogen-bond donors (Lipinski definition) is 2. The molecule has 4 rings (SSSR count). The summed E-state index contributed by atoms with van der Waals surface area (Å²) in [5, 5.41) is 3.05. The first-order chi connectivity index (χ1) is 21.6. The molecule has 248 valence electrons. The molecule has 3 aromatic carbocycles. The number of benzene rings is 3. The maximum Gasteiger partial charge on any atom is 0.417 e. The molecule has 0 radical (unpaired) electrons. The number of amides is 1. The molecule has 1 aromatic heterocycles. The van der Waals surface area contributed by atoms with E-state index in [-0.39, 0.29) is 22.2 Å². The van der Waals surface area contributed by atoms with Gasteiger partial charge in [-0.1, -0.05) is 99.9 Å². The molecule has 0 spiro atoms. The molecule has 2 N–H and O–H groups in total. The van der Waals surface area contributed by atoms with E-state index in [1.807, 2.05) is 30.3 Å². The average molecular weight is 629 g/mol. The van der Waals surface area contributed by atoms with Crippen LogP contribution in [0.3, 0.4) is 0 Å². The summed E-state index contributed by atoms with van der Waals surface area (Å²) < 4.78 is 18.3. The number of oxazole rings is 1. The highest BCUT2D eigenvalue weighted by atomic mass is 16.5. The van der Waals surface area contributed by atoms with Crippen LogP contribution in [0.1, 0.15) is 118 Å². The molecule has 0 fully saturated rings. The van der Waals surface area contributed by atoms with E-state index < -0.39 is 11.9 Å². The number of aromatic nitrogens is 1. The molecule has 0 saturated heterocycles. The summed E-state index contributed by atoms with van der Waals surface area (Å²) in [6.45, 7) is 21.9. The molecular formula is C39H52N2O5. The maximum atomic E-state index is 14.0. The predicted octanol–water partition coefficient (Wildman–Crippen LogP) is 10.2. The second kappa shape index (κ2) is 13.8. The van der Waals surface area contributed by atoms with Gasteiger partial charge in [0.1, 0.15) is 11.5 Å². The van der Waals surface area contributed by atoms with Crippen molar-refractivity contribution in [1.29, 1.82) is 0 Å². The molecule has 1 heterocycles. The number of carbonyl (C=O) groups excluding carboxylic acids is 1. The first-order valence-electron chi connectivity index (χ1n) is 16.7. The molecule has 0 bridgehead atoms. The van der Waals surface area contributed by atoms with Crippen LogP contribution in [0.4, 0.5) is 5.69 Å². The van der Waals surface area contributed by atoms with Gasteiger partial charge in [-0.15, -0.1) is 0 Å². The van der Waals surface area contributed by atoms with Crippen LogP contribution < -0.4 is 20.5 Å². The fraction of sp³-hybridized carbons (Fsp3) is 0.487. The van der Waals surface area contributed by atoms with Gasteiger partial charge in [0, 0.05) is 17.7 Å². The molecule has 1 unspecified atom stereocenters. The molecule has 1 amide bonds. The number of rotatable bonds is 13. The summed E-state index contributed by atoms with van der Waals surface area (Å²) in [6.07, 6.45) is 3.47. The van der Waals surface area contributed by atoms with Crippen LogP contribution in [-0.4, -0.2) is 17.0 Å². The molecule has 4 aromatic rings. The minimum Gasteiger partial charge on any atom is -0.480 e. The first-order valence-corrected chi connectivity index (χ1v) is 16.7. The van der Waals surface area contributed by atoms with Crippen molar-refractivity contribution in [3.8, 4) is 17.2 Å². The summed E-state index contributed by atoms with van der Waals surface area (Å²) in [5.41, 5.74) is 4.59. The minimum absolute atomic E-state index is 0.000901. The largest absolute Gasteiger partial charge is 0.480 e. The topological polar surface area (TPSA) is 93.6 Å². The number of carbonyl (C=O) groups is 1. The SMILES string of the molecule is CCCCC(Oc1ccc(C(C)(C)CC)cc1C(C)(C)CC)C(=O)Nc1cc2oc(=O)[nH]c2cc1Oc1ccc(C(C)(C)C)cc1. The van der Waals surface area contributed by atoms with Crippen molar-refractivity contribution >= 4 is 22.7 Å². The van der Waals surface area contributed by atoms with Crippen molar-refractivity contribution in [2.45, 2.75) is 124 Å². The van der Waals surface area contributed by atoms with Crippen molar-refractivity contribution in [2.75, 3.05) is 5.32 Å². The number of H-pyrrole nitrogens is 1. The molecule has 1 atom stereocenters. The van der Waals surface area contributed by atoms with Crippen LogP contribution in [-0.2, 0) is 21.0 Å². The Morgan fingerprint density at radius 1 is 0.848 bits per heavy atom. The van der Waals surface area contributed by atoms with Crippen LogP contribution in [0.2, 0.25) is 0 Å². The van der Waals surface area contributed by atoms with E-state index in [4.69, 9.17) is 13.9 Å². The van der Waals surface area contributed by atoms with Crippen LogP contribution in [0, 0.1) is 0 Å². The van der Waals surface area contributed by atoms with E-state index in [0.717, 1.165) is 37.0 Å². The van der Waals surface area contributed by atoms with Gasteiger partial charge >= 0.3 is 5.76 Å². The molecular weight excluding hydrogens is 576 g/mol. The third-order valence-electron chi connectivity index (χ3n) is 9.37. The summed E-state index contributed by atoms with van der Waals surface area (Å²) in [6, 6.07) is 17.6. The molecule has 0 aliphatic carbocycles. The number of nitrogens with one attached hydrogen (secondary N) is 2. The average Bonchev–Trinajstić information content (AvgIpc) is 3.37. The van der Waals surface area contributed by atoms with E-state index in [1.165, 1.54) is 11.1 Å². The minimum atomic E-state index is -0.746. The molecule has 0 aliphatic rings. The van der Waals surface area contributed by atoms with Gasteiger partial charge < -0.3 is 19.2 Å². The Bertz CT molecular complexity index is 1700. The second-order valence-electron chi connectivity index (χ2n) is 14.7. The second-order valence-corrected chi connectivity index (χ2v) is 14.7. The standard InChI is InChI=1S/C39H52N2O5/c1-11-14-15-32(45-31-21-18-26(38(7,8)12-2)22-28(31)39(9,10)13-3)35(42)40-29-23-34-30(41-36(43)46-34)24-33(29)44-27-19-16-25(17-20-27)37(4,5)6/h16-24,32H,11-15H2,1-10H3,(H,40,42)(H,41,43). The third-order valence-corrected chi connectivity index (χ3v) is 9.37. The van der Waals surface area contributed by atoms with Crippen molar-refractivity contribution in [1.82, 2.24) is 4.98 Å². The van der Waals surface area contributed by atoms with Crippen molar-refractivity contribution in [3.05, 3.63) is 81.8 Å². The fourth-order valence-electron chi connectivity index (χ4n) is 5.29. The quantitative estimate of drug-likeness (QED) is 0.154. The Balaban J connectivity index is 1.69. The Morgan fingerprint density at radius 3 is 2.11 bits per heavy atom. The predicted molar refractivity (Wildman–Crippen MR) is 188 cm³/mol. The first kappa shape index (κ1) is 34.9. The number of fused-ring (bicyclic) bond motifs is 1. The van der Waals surface area contributed by atoms with Gasteiger partial charge in [0.2, 0.25) is 0 Å². The van der Waals surface area contributed by atoms with E-state index in [0.29, 0.717) is 34.7 Å². The van der Waals surface area contributed by atoms with Gasteiger partial charge in [0.05, 0.1) is 11.2 Å². The van der Waals surface area contributed by atoms with E-state index in [9.17, 15) is 9.59 Å². The van der Waals surface area contributed by atoms with E-state index in [1.54, 1.807) is 12.1 Å². The van der Waals surface area contributed by atoms with Crippen LogP contribution in [0.15, 0.2) is 63.8 Å². The molecule has 7 nitrogen and oxygen atoms in total. The smallest absolute Gasteiger partial charge is 0.417 e. The Labute approximate surface area is 274 Å². The summed E-state index contributed by atoms with van der Waals surface area (Å²) in [5.74, 6) is 0.838. The fourth-order valence-corrected chi connectivity index (χ4v) is 5.29. The Hall–Kier alpha value is -4.00. The van der Waals surface area contributed by atoms with Crippen molar-refractivity contribution in [2.24, 2.45) is 0 Å². The van der Waals surface area contributed by atoms with Gasteiger partial charge in [0.15, 0.2) is 17.4 Å². The normalized spacial score (nSPS) is 13.1. The summed E-state index contributed by atoms with van der Waals surface area (Å²) in [7, 11) is 0. The number of ether oxygens (including phenoxy) is 2. The van der Waals surface area contributed by atoms with Crippen molar-refractivity contribution in [3.63, 3.8) is 0 Å². The van der Waals surface area contributed by atoms with Gasteiger partial charge in [-0.05, 0) is 71.3 Å². The molecule has 46 heavy (non-hydrogen) atoms. The Morgan fingerprint density at radius 2 is 1.50 bits per heavy atom. The van der Waals surface area contributed by atoms with Crippen LogP contribution in [0.5, 0.6) is 17.2 Å². The van der Waals surface area contributed by atoms with Gasteiger partial charge in [-0.25, -0.2) is 4.79 Å². The number of anilines is 1. The summed E-state index contributed by atoms with van der Waals surface area (Å²) >= 11 is 0. The zero-order valence-corrected chi connectivity index (χ0v) is 29.4.